The van der Waals surface area contributed by atoms with Crippen molar-refractivity contribution in [1.82, 2.24) is 36.4 Å². The van der Waals surface area contributed by atoms with Gasteiger partial charge in [-0.15, -0.1) is 0 Å². The molecule has 2 saturated heterocycles. The average Bonchev–Trinajstić information content (AvgIpc) is 3.31. The number of likely N-dealkylation sites (tertiary alicyclic amines) is 2. The predicted octanol–water partition coefficient (Wildman–Crippen LogP) is -5.16. The van der Waals surface area contributed by atoms with Gasteiger partial charge in [-0.05, 0) is 6.42 Å². The van der Waals surface area contributed by atoms with Crippen molar-refractivity contribution < 1.29 is 43.5 Å². The van der Waals surface area contributed by atoms with Gasteiger partial charge in [-0.25, -0.2) is 0 Å². The van der Waals surface area contributed by atoms with E-state index in [-0.39, 0.29) is 93.6 Å². The van der Waals surface area contributed by atoms with Gasteiger partial charge in [-0.2, -0.15) is 0 Å². The summed E-state index contributed by atoms with van der Waals surface area (Å²) in [6, 6.07) is 0. The van der Waals surface area contributed by atoms with Crippen molar-refractivity contribution in [2.24, 2.45) is 5.92 Å². The molecule has 0 aromatic heterocycles. The van der Waals surface area contributed by atoms with E-state index in [1.807, 2.05) is 0 Å². The Balaban J connectivity index is 1.47. The maximum absolute atomic E-state index is 11.9. The highest BCUT2D eigenvalue weighted by Crippen LogP contribution is 2.22. The summed E-state index contributed by atoms with van der Waals surface area (Å²) in [6.45, 7) is 1.05. The van der Waals surface area contributed by atoms with Gasteiger partial charge in [0.05, 0.1) is 19.6 Å². The molecular weight excluding hydrogens is 558 g/mol. The minimum Gasteiger partial charge on any atom is -0.374 e. The Bertz CT molecular complexity index is 1040. The first kappa shape index (κ1) is 33.3. The van der Waals surface area contributed by atoms with Crippen LogP contribution in [-0.2, 0) is 38.4 Å². The molecule has 0 bridgehead atoms. The molecule has 0 radical (unpaired) electrons. The fourth-order valence-electron chi connectivity index (χ4n) is 4.25. The summed E-state index contributed by atoms with van der Waals surface area (Å²) < 4.78 is 0. The molecule has 8 amide bonds. The Morgan fingerprint density at radius 1 is 0.780 bits per heavy atom. The van der Waals surface area contributed by atoms with Crippen LogP contribution in [0.4, 0.5) is 0 Å². The van der Waals surface area contributed by atoms with Crippen LogP contribution in [0.15, 0.2) is 0 Å². The zero-order valence-electron chi connectivity index (χ0n) is 23.3. The number of aliphatic hydroxyl groups is 1. The molecule has 0 aromatic rings. The normalized spacial score (nSPS) is 20.2. The Morgan fingerprint density at radius 2 is 1.32 bits per heavy atom. The van der Waals surface area contributed by atoms with Gasteiger partial charge in [0.2, 0.25) is 47.3 Å². The molecule has 16 nitrogen and oxygen atoms in total. The summed E-state index contributed by atoms with van der Waals surface area (Å²) in [6.07, 6.45) is 0.0738. The van der Waals surface area contributed by atoms with Crippen molar-refractivity contribution in [3.8, 4) is 0 Å². The number of rotatable bonds is 16. The van der Waals surface area contributed by atoms with Crippen LogP contribution in [0.2, 0.25) is 5.54 Å². The fourth-order valence-corrected chi connectivity index (χ4v) is 4.91. The third-order valence-corrected chi connectivity index (χ3v) is 7.47. The maximum atomic E-state index is 11.9. The largest absolute Gasteiger partial charge is 0.374 e. The number of hydrogen-bond donors (Lipinski definition) is 6. The molecule has 2 heterocycles. The molecule has 2 aliphatic rings. The third kappa shape index (κ3) is 11.3. The molecule has 228 valence electrons. The summed E-state index contributed by atoms with van der Waals surface area (Å²) in [5.74, 6) is -3.43. The second-order valence-corrected chi connectivity index (χ2v) is 11.4. The number of nitrogens with zero attached hydrogens (tertiary/aromatic N) is 2. The molecule has 2 fully saturated rings. The Morgan fingerprint density at radius 3 is 1.85 bits per heavy atom. The van der Waals surface area contributed by atoms with Crippen molar-refractivity contribution in [3.05, 3.63) is 0 Å². The van der Waals surface area contributed by atoms with E-state index in [9.17, 15) is 43.5 Å². The minimum atomic E-state index is -0.848. The van der Waals surface area contributed by atoms with E-state index in [2.05, 4.69) is 26.6 Å². The number of carbonyl (C=O) groups is 8. The smallest absolute Gasteiger partial charge is 0.239 e. The van der Waals surface area contributed by atoms with Crippen LogP contribution >= 0.6 is 0 Å². The van der Waals surface area contributed by atoms with Gasteiger partial charge in [0.15, 0.2) is 0 Å². The summed E-state index contributed by atoms with van der Waals surface area (Å²) in [4.78, 5) is 97.3. The van der Waals surface area contributed by atoms with Crippen LogP contribution in [-0.4, -0.2) is 124 Å². The van der Waals surface area contributed by atoms with Crippen LogP contribution in [0, 0.1) is 5.92 Å². The molecular formula is C24H39N7O9Si. The number of aliphatic hydroxyl groups excluding tert-OH is 1. The quantitative estimate of drug-likeness (QED) is 0.0738. The molecule has 0 saturated carbocycles. The second kappa shape index (κ2) is 16.4. The number of hydrogen-bond acceptors (Lipinski definition) is 9. The first-order chi connectivity index (χ1) is 19.4. The van der Waals surface area contributed by atoms with E-state index in [1.54, 1.807) is 6.92 Å². The Labute approximate surface area is 240 Å². The zero-order valence-corrected chi connectivity index (χ0v) is 25.3. The molecule has 2 aliphatic heterocycles. The van der Waals surface area contributed by atoms with E-state index >= 15 is 0 Å². The Kier molecular flexibility index (Phi) is 13.3. The monoisotopic (exact) mass is 597 g/mol. The van der Waals surface area contributed by atoms with Gasteiger partial charge in [0, 0.05) is 73.6 Å². The zero-order chi connectivity index (χ0) is 30.5. The molecule has 6 N–H and O–H groups in total. The summed E-state index contributed by atoms with van der Waals surface area (Å²) >= 11 is 0. The minimum absolute atomic E-state index is 0.00915. The maximum Gasteiger partial charge on any atom is 0.239 e. The first-order valence-electron chi connectivity index (χ1n) is 13.5. The summed E-state index contributed by atoms with van der Waals surface area (Å²) in [5, 5.41) is 21.9. The van der Waals surface area contributed by atoms with Crippen molar-refractivity contribution in [3.63, 3.8) is 0 Å². The van der Waals surface area contributed by atoms with E-state index in [0.717, 1.165) is 4.90 Å². The lowest BCUT2D eigenvalue weighted by molar-refractivity contribution is -0.139. The SMILES string of the molecule is CC1CC(O)N(CCCC(=O)NCC(=O)NCC(=O)NCC(=O)NCCC(=O)NCCN2C(=O)CC([SiH3])C2=O)C1=O. The first-order valence-corrected chi connectivity index (χ1v) is 14.7. The van der Waals surface area contributed by atoms with Gasteiger partial charge < -0.3 is 36.6 Å². The van der Waals surface area contributed by atoms with Gasteiger partial charge in [0.1, 0.15) is 6.23 Å². The molecule has 3 unspecified atom stereocenters. The number of imide groups is 1. The van der Waals surface area contributed by atoms with Gasteiger partial charge >= 0.3 is 0 Å². The predicted molar refractivity (Wildman–Crippen MR) is 145 cm³/mol. The van der Waals surface area contributed by atoms with Crippen molar-refractivity contribution in [1.29, 1.82) is 0 Å². The molecule has 0 aromatic carbocycles. The number of nitrogens with one attached hydrogen (secondary N) is 5. The summed E-state index contributed by atoms with van der Waals surface area (Å²) in [5.41, 5.74) is -0.213. The molecule has 3 atom stereocenters. The van der Waals surface area contributed by atoms with E-state index in [4.69, 9.17) is 0 Å². The highest BCUT2D eigenvalue weighted by molar-refractivity contribution is 6.29. The molecule has 0 aliphatic carbocycles. The van der Waals surface area contributed by atoms with Gasteiger partial charge in [-0.1, -0.05) is 6.92 Å². The van der Waals surface area contributed by atoms with Crippen LogP contribution in [0.3, 0.4) is 0 Å². The average molecular weight is 598 g/mol. The van der Waals surface area contributed by atoms with Crippen LogP contribution in [0.5, 0.6) is 0 Å². The topological polar surface area (TPSA) is 223 Å². The van der Waals surface area contributed by atoms with Crippen LogP contribution < -0.4 is 26.6 Å². The Hall–Kier alpha value is -3.86. The van der Waals surface area contributed by atoms with Crippen molar-refractivity contribution in [2.75, 3.05) is 45.8 Å². The second-order valence-electron chi connectivity index (χ2n) is 10.0. The van der Waals surface area contributed by atoms with Crippen LogP contribution in [0.1, 0.15) is 39.0 Å². The highest BCUT2D eigenvalue weighted by Gasteiger charge is 2.35. The summed E-state index contributed by atoms with van der Waals surface area (Å²) in [7, 11) is 0.603. The molecule has 2 rings (SSSR count). The third-order valence-electron chi connectivity index (χ3n) is 6.57. The lowest BCUT2D eigenvalue weighted by atomic mass is 10.1. The van der Waals surface area contributed by atoms with Gasteiger partial charge in [0.25, 0.3) is 0 Å². The van der Waals surface area contributed by atoms with Crippen molar-refractivity contribution >= 4 is 57.5 Å². The van der Waals surface area contributed by atoms with E-state index in [1.165, 1.54) is 4.90 Å². The number of amides is 8. The standard InChI is InChI=1S/C24H39N7O9Si/c1-14-9-21(37)30(23(14)39)7-2-3-16(32)27-12-19(35)29-13-20(36)28-11-18(34)25-5-4-17(33)26-6-8-31-22(38)10-15(41)24(31)40/h14-15,21,37H,2-13H2,1,41H3,(H,25,34)(H,26,33)(H,27,32)(H,28,36)(H,29,35). The van der Waals surface area contributed by atoms with E-state index < -0.39 is 36.4 Å². The lowest BCUT2D eigenvalue weighted by Gasteiger charge is -2.20. The molecule has 41 heavy (non-hydrogen) atoms. The van der Waals surface area contributed by atoms with Gasteiger partial charge in [-0.3, -0.25) is 43.3 Å². The van der Waals surface area contributed by atoms with Crippen LogP contribution in [0.25, 0.3) is 0 Å². The molecule has 17 heteroatoms. The van der Waals surface area contributed by atoms with Crippen molar-refractivity contribution in [2.45, 2.75) is 50.8 Å². The highest BCUT2D eigenvalue weighted by atomic mass is 28.1. The van der Waals surface area contributed by atoms with E-state index in [0.29, 0.717) is 23.1 Å². The number of carbonyl (C=O) groups excluding carboxylic acids is 8. The fraction of sp³-hybridized carbons (Fsp3) is 0.667. The molecule has 0 spiro atoms. The lowest BCUT2D eigenvalue weighted by Crippen LogP contribution is -2.44.